The fourth-order valence-corrected chi connectivity index (χ4v) is 4.32. The van der Waals surface area contributed by atoms with Gasteiger partial charge >= 0.3 is 0 Å². The first-order valence-electron chi connectivity index (χ1n) is 10.5. The first-order chi connectivity index (χ1) is 14.9. The number of amides is 1. The molecule has 5 rings (SSSR count). The van der Waals surface area contributed by atoms with Crippen LogP contribution in [0.3, 0.4) is 0 Å². The number of rotatable bonds is 3. The van der Waals surface area contributed by atoms with Crippen molar-refractivity contribution in [3.8, 4) is 11.1 Å². The minimum atomic E-state index is -0.170. The number of carbonyl (C=O) groups excluding carboxylic acids is 1. The van der Waals surface area contributed by atoms with E-state index in [9.17, 15) is 9.59 Å². The molecule has 1 aliphatic rings. The number of fused-ring (bicyclic) bond motifs is 1. The fourth-order valence-electron chi connectivity index (χ4n) is 4.32. The predicted molar refractivity (Wildman–Crippen MR) is 122 cm³/mol. The molecule has 1 N–H and O–H groups in total. The molecule has 0 bridgehead atoms. The smallest absolute Gasteiger partial charge is 0.272 e. The standard InChI is InChI=1S/C25H24N4O2/c1-15-7-9-18(10-8-15)20-13-26-29-24(31)12-21(27-25(20)29)19-11-23(30)28(14-19)22-6-4-5-16(2)17(22)3/h4-10,12-13,19,26H,11,14H2,1-3H3. The van der Waals surface area contributed by atoms with Crippen LogP contribution in [0.5, 0.6) is 0 Å². The van der Waals surface area contributed by atoms with E-state index in [-0.39, 0.29) is 17.4 Å². The number of benzene rings is 2. The van der Waals surface area contributed by atoms with Gasteiger partial charge in [-0.15, -0.1) is 0 Å². The molecular formula is C25H24N4O2. The van der Waals surface area contributed by atoms with Crippen molar-refractivity contribution in [2.24, 2.45) is 0 Å². The normalized spacial score (nSPS) is 16.4. The van der Waals surface area contributed by atoms with Crippen LogP contribution in [0.4, 0.5) is 5.69 Å². The minimum absolute atomic E-state index is 0.0634. The van der Waals surface area contributed by atoms with Crippen molar-refractivity contribution in [1.82, 2.24) is 14.6 Å². The summed E-state index contributed by atoms with van der Waals surface area (Å²) in [7, 11) is 0. The number of aromatic nitrogens is 3. The lowest BCUT2D eigenvalue weighted by Gasteiger charge is -2.20. The second-order valence-corrected chi connectivity index (χ2v) is 8.36. The monoisotopic (exact) mass is 412 g/mol. The van der Waals surface area contributed by atoms with Crippen LogP contribution in [0.2, 0.25) is 0 Å². The fraction of sp³-hybridized carbons (Fsp3) is 0.240. The summed E-state index contributed by atoms with van der Waals surface area (Å²) in [6.45, 7) is 6.65. The molecule has 31 heavy (non-hydrogen) atoms. The maximum absolute atomic E-state index is 12.8. The zero-order valence-electron chi connectivity index (χ0n) is 17.8. The van der Waals surface area contributed by atoms with Crippen molar-refractivity contribution in [3.05, 3.63) is 87.5 Å². The second-order valence-electron chi connectivity index (χ2n) is 8.36. The number of hydrogen-bond donors (Lipinski definition) is 1. The average Bonchev–Trinajstić information content (AvgIpc) is 3.35. The molecular weight excluding hydrogens is 388 g/mol. The number of hydrogen-bond acceptors (Lipinski definition) is 3. The van der Waals surface area contributed by atoms with Crippen LogP contribution >= 0.6 is 0 Å². The summed E-state index contributed by atoms with van der Waals surface area (Å²) in [5, 5.41) is 3.01. The van der Waals surface area contributed by atoms with Gasteiger partial charge < -0.3 is 4.90 Å². The van der Waals surface area contributed by atoms with E-state index in [4.69, 9.17) is 4.98 Å². The molecule has 1 amide bonds. The summed E-state index contributed by atoms with van der Waals surface area (Å²) in [5.74, 6) is -0.0561. The van der Waals surface area contributed by atoms with Gasteiger partial charge in [-0.2, -0.15) is 0 Å². The largest absolute Gasteiger partial charge is 0.311 e. The molecule has 1 atom stereocenters. The highest BCUT2D eigenvalue weighted by atomic mass is 16.2. The molecule has 1 unspecified atom stereocenters. The quantitative estimate of drug-likeness (QED) is 0.550. The van der Waals surface area contributed by atoms with E-state index in [2.05, 4.69) is 5.10 Å². The van der Waals surface area contributed by atoms with Crippen molar-refractivity contribution in [1.29, 1.82) is 0 Å². The van der Waals surface area contributed by atoms with Gasteiger partial charge in [0.2, 0.25) is 5.91 Å². The maximum atomic E-state index is 12.8. The third kappa shape index (κ3) is 3.24. The van der Waals surface area contributed by atoms with Crippen molar-refractivity contribution in [2.45, 2.75) is 33.1 Å². The summed E-state index contributed by atoms with van der Waals surface area (Å²) in [6, 6.07) is 15.7. The molecule has 1 aliphatic heterocycles. The molecule has 4 aromatic rings. The van der Waals surface area contributed by atoms with E-state index in [0.717, 1.165) is 27.9 Å². The lowest BCUT2D eigenvalue weighted by atomic mass is 10.0. The number of nitrogens with one attached hydrogen (secondary N) is 1. The van der Waals surface area contributed by atoms with E-state index < -0.39 is 0 Å². The first kappa shape index (κ1) is 19.3. The Morgan fingerprint density at radius 1 is 1.03 bits per heavy atom. The number of aromatic amines is 1. The van der Waals surface area contributed by atoms with Crippen LogP contribution in [0, 0.1) is 20.8 Å². The summed E-state index contributed by atoms with van der Waals surface area (Å²) in [4.78, 5) is 32.3. The van der Waals surface area contributed by atoms with Crippen molar-refractivity contribution in [3.63, 3.8) is 0 Å². The molecule has 156 valence electrons. The summed E-state index contributed by atoms with van der Waals surface area (Å²) < 4.78 is 1.46. The van der Waals surface area contributed by atoms with Gasteiger partial charge in [-0.3, -0.25) is 14.7 Å². The third-order valence-corrected chi connectivity index (χ3v) is 6.29. The van der Waals surface area contributed by atoms with Gasteiger partial charge in [0.15, 0.2) is 5.65 Å². The van der Waals surface area contributed by atoms with E-state index in [1.54, 1.807) is 12.3 Å². The van der Waals surface area contributed by atoms with Crippen LogP contribution in [-0.2, 0) is 4.79 Å². The number of H-pyrrole nitrogens is 1. The number of aryl methyl sites for hydroxylation is 2. The zero-order valence-corrected chi connectivity index (χ0v) is 17.8. The molecule has 0 aliphatic carbocycles. The van der Waals surface area contributed by atoms with Gasteiger partial charge in [0.1, 0.15) is 0 Å². The third-order valence-electron chi connectivity index (χ3n) is 6.29. The number of carbonyl (C=O) groups is 1. The average molecular weight is 412 g/mol. The maximum Gasteiger partial charge on any atom is 0.272 e. The van der Waals surface area contributed by atoms with Crippen molar-refractivity contribution >= 4 is 17.2 Å². The first-order valence-corrected chi connectivity index (χ1v) is 10.5. The molecule has 2 aromatic carbocycles. The van der Waals surface area contributed by atoms with E-state index in [0.29, 0.717) is 24.3 Å². The van der Waals surface area contributed by atoms with Crippen LogP contribution in [0.25, 0.3) is 16.8 Å². The summed E-state index contributed by atoms with van der Waals surface area (Å²) >= 11 is 0. The zero-order chi connectivity index (χ0) is 21.7. The Bertz CT molecular complexity index is 1360. The molecule has 2 aromatic heterocycles. The van der Waals surface area contributed by atoms with E-state index in [1.165, 1.54) is 10.1 Å². The minimum Gasteiger partial charge on any atom is -0.311 e. The van der Waals surface area contributed by atoms with Crippen LogP contribution in [-0.4, -0.2) is 27.0 Å². The van der Waals surface area contributed by atoms with Crippen molar-refractivity contribution in [2.75, 3.05) is 11.4 Å². The molecule has 6 nitrogen and oxygen atoms in total. The molecule has 0 radical (unpaired) electrons. The number of nitrogens with zero attached hydrogens (tertiary/aromatic N) is 3. The molecule has 1 saturated heterocycles. The summed E-state index contributed by atoms with van der Waals surface area (Å²) in [6.07, 6.45) is 2.15. The van der Waals surface area contributed by atoms with E-state index >= 15 is 0 Å². The Morgan fingerprint density at radius 3 is 2.58 bits per heavy atom. The highest BCUT2D eigenvalue weighted by molar-refractivity contribution is 5.97. The highest BCUT2D eigenvalue weighted by Crippen LogP contribution is 2.34. The topological polar surface area (TPSA) is 70.5 Å². The Hall–Kier alpha value is -3.67. The Labute approximate surface area is 180 Å². The van der Waals surface area contributed by atoms with Crippen LogP contribution < -0.4 is 10.5 Å². The lowest BCUT2D eigenvalue weighted by molar-refractivity contribution is -0.117. The van der Waals surface area contributed by atoms with Crippen LogP contribution in [0.15, 0.2) is 59.5 Å². The van der Waals surface area contributed by atoms with Gasteiger partial charge in [-0.1, -0.05) is 42.0 Å². The van der Waals surface area contributed by atoms with Gasteiger partial charge in [-0.25, -0.2) is 9.50 Å². The molecule has 6 heteroatoms. The predicted octanol–water partition coefficient (Wildman–Crippen LogP) is 4.14. The highest BCUT2D eigenvalue weighted by Gasteiger charge is 2.34. The van der Waals surface area contributed by atoms with E-state index in [1.807, 2.05) is 68.1 Å². The molecule has 0 saturated carbocycles. The van der Waals surface area contributed by atoms with Gasteiger partial charge in [-0.05, 0) is 43.5 Å². The van der Waals surface area contributed by atoms with Gasteiger partial charge in [0.25, 0.3) is 5.56 Å². The SMILES string of the molecule is Cc1ccc(-c2c[nH]n3c(=O)cc(C4CC(=O)N(c5cccc(C)c5C)C4)nc23)cc1. The summed E-state index contributed by atoms with van der Waals surface area (Å²) in [5.41, 5.74) is 7.31. The Kier molecular flexibility index (Phi) is 4.50. The lowest BCUT2D eigenvalue weighted by Crippen LogP contribution is -2.25. The van der Waals surface area contributed by atoms with Crippen molar-refractivity contribution < 1.29 is 4.79 Å². The second kappa shape index (κ2) is 7.23. The van der Waals surface area contributed by atoms with Gasteiger partial charge in [0.05, 0.1) is 5.69 Å². The Balaban J connectivity index is 1.54. The number of anilines is 1. The Morgan fingerprint density at radius 2 is 1.81 bits per heavy atom. The molecule has 1 fully saturated rings. The van der Waals surface area contributed by atoms with Crippen LogP contribution in [0.1, 0.15) is 34.7 Å². The molecule has 0 spiro atoms. The van der Waals surface area contributed by atoms with Gasteiger partial charge in [0, 0.05) is 42.4 Å². The molecule has 3 heterocycles.